The summed E-state index contributed by atoms with van der Waals surface area (Å²) >= 11 is 11.0. The van der Waals surface area contributed by atoms with Gasteiger partial charge in [0.25, 0.3) is 0 Å². The number of hydrogen-bond donors (Lipinski definition) is 1. The van der Waals surface area contributed by atoms with Gasteiger partial charge in [-0.2, -0.15) is 14.9 Å². The molecule has 1 heterocycles. The predicted octanol–water partition coefficient (Wildman–Crippen LogP) is 3.49. The smallest absolute Gasteiger partial charge is 0.216 e. The lowest BCUT2D eigenvalue weighted by Gasteiger charge is -2.00. The number of nitrogens with zero attached hydrogens (tertiary/aromatic N) is 3. The first-order chi connectivity index (χ1) is 9.16. The Morgan fingerprint density at radius 1 is 1.53 bits per heavy atom. The van der Waals surface area contributed by atoms with Crippen LogP contribution in [0.25, 0.3) is 0 Å². The van der Waals surface area contributed by atoms with E-state index in [0.717, 1.165) is 18.7 Å². The Morgan fingerprint density at radius 3 is 3.00 bits per heavy atom. The highest BCUT2D eigenvalue weighted by molar-refractivity contribution is 7.71. The van der Waals surface area contributed by atoms with E-state index in [1.54, 1.807) is 12.1 Å². The molecule has 1 N–H and O–H groups in total. The number of H-pyrrole nitrogens is 1. The molecule has 19 heavy (non-hydrogen) atoms. The normalized spacial score (nSPS) is 15.3. The Bertz CT molecular complexity index is 682. The third-order valence-corrected chi connectivity index (χ3v) is 3.51. The van der Waals surface area contributed by atoms with E-state index in [2.05, 4.69) is 15.3 Å². The van der Waals surface area contributed by atoms with Gasteiger partial charge in [0, 0.05) is 11.5 Å². The van der Waals surface area contributed by atoms with Crippen LogP contribution < -0.4 is 0 Å². The minimum absolute atomic E-state index is 0.244. The van der Waals surface area contributed by atoms with Gasteiger partial charge in [-0.3, -0.25) is 5.10 Å². The van der Waals surface area contributed by atoms with Crippen molar-refractivity contribution >= 4 is 30.0 Å². The summed E-state index contributed by atoms with van der Waals surface area (Å²) in [5.41, 5.74) is 0.244. The molecule has 1 aliphatic rings. The second kappa shape index (κ2) is 4.86. The summed E-state index contributed by atoms with van der Waals surface area (Å²) in [6.07, 6.45) is 3.53. The van der Waals surface area contributed by atoms with Crippen molar-refractivity contribution in [3.63, 3.8) is 0 Å². The maximum atomic E-state index is 13.6. The standard InChI is InChI=1S/C12H10ClFN4S/c13-9-2-1-3-10(14)8(9)6-15-18-11(7-4-5-7)16-17-12(18)19/h1-3,6-7H,4-5H2,(H,17,19). The van der Waals surface area contributed by atoms with E-state index in [9.17, 15) is 4.39 Å². The molecule has 1 aromatic heterocycles. The van der Waals surface area contributed by atoms with E-state index in [-0.39, 0.29) is 5.56 Å². The van der Waals surface area contributed by atoms with Gasteiger partial charge in [0.15, 0.2) is 5.82 Å². The van der Waals surface area contributed by atoms with Gasteiger partial charge in [-0.05, 0) is 37.2 Å². The van der Waals surface area contributed by atoms with Crippen LogP contribution in [0.1, 0.15) is 30.1 Å². The molecule has 0 spiro atoms. The zero-order valence-corrected chi connectivity index (χ0v) is 11.4. The van der Waals surface area contributed by atoms with Crippen LogP contribution in [-0.2, 0) is 0 Å². The maximum Gasteiger partial charge on any atom is 0.216 e. The van der Waals surface area contributed by atoms with E-state index in [1.165, 1.54) is 17.0 Å². The van der Waals surface area contributed by atoms with E-state index in [0.29, 0.717) is 15.7 Å². The average Bonchev–Trinajstić information content (AvgIpc) is 3.15. The number of halogens is 2. The van der Waals surface area contributed by atoms with E-state index >= 15 is 0 Å². The first-order valence-electron chi connectivity index (χ1n) is 5.82. The topological polar surface area (TPSA) is 46.0 Å². The highest BCUT2D eigenvalue weighted by Crippen LogP contribution is 2.38. The first-order valence-corrected chi connectivity index (χ1v) is 6.61. The molecular formula is C12H10ClFN4S. The molecule has 1 saturated carbocycles. The molecule has 3 rings (SSSR count). The summed E-state index contributed by atoms with van der Waals surface area (Å²) in [4.78, 5) is 0. The molecule has 0 radical (unpaired) electrons. The molecule has 0 atom stereocenters. The lowest BCUT2D eigenvalue weighted by atomic mass is 10.2. The van der Waals surface area contributed by atoms with Crippen molar-refractivity contribution in [3.8, 4) is 0 Å². The summed E-state index contributed by atoms with van der Waals surface area (Å²) in [7, 11) is 0. The van der Waals surface area contributed by atoms with Crippen molar-refractivity contribution in [3.05, 3.63) is 45.2 Å². The van der Waals surface area contributed by atoms with Crippen LogP contribution in [0.4, 0.5) is 4.39 Å². The number of benzene rings is 1. The van der Waals surface area contributed by atoms with Crippen LogP contribution >= 0.6 is 23.8 Å². The summed E-state index contributed by atoms with van der Waals surface area (Å²) in [5.74, 6) is 0.758. The molecule has 0 bridgehead atoms. The van der Waals surface area contributed by atoms with Crippen molar-refractivity contribution in [2.45, 2.75) is 18.8 Å². The van der Waals surface area contributed by atoms with Crippen molar-refractivity contribution < 1.29 is 4.39 Å². The number of rotatable bonds is 3. The molecule has 1 fully saturated rings. The van der Waals surface area contributed by atoms with Gasteiger partial charge in [0.1, 0.15) is 5.82 Å². The van der Waals surface area contributed by atoms with Crippen molar-refractivity contribution in [2.24, 2.45) is 5.10 Å². The van der Waals surface area contributed by atoms with Crippen LogP contribution in [0.15, 0.2) is 23.3 Å². The number of nitrogens with one attached hydrogen (secondary N) is 1. The maximum absolute atomic E-state index is 13.6. The van der Waals surface area contributed by atoms with Gasteiger partial charge in [-0.25, -0.2) is 4.39 Å². The molecule has 2 aromatic rings. The third kappa shape index (κ3) is 2.46. The zero-order chi connectivity index (χ0) is 13.4. The van der Waals surface area contributed by atoms with Crippen molar-refractivity contribution in [2.75, 3.05) is 0 Å². The van der Waals surface area contributed by atoms with Gasteiger partial charge in [0.05, 0.1) is 11.2 Å². The molecule has 1 aromatic carbocycles. The monoisotopic (exact) mass is 296 g/mol. The van der Waals surface area contributed by atoms with Crippen LogP contribution in [-0.4, -0.2) is 21.1 Å². The molecule has 4 nitrogen and oxygen atoms in total. The summed E-state index contributed by atoms with van der Waals surface area (Å²) < 4.78 is 15.5. The Kier molecular flexibility index (Phi) is 3.20. The second-order valence-corrected chi connectivity index (χ2v) is 5.15. The number of aromatic amines is 1. The highest BCUT2D eigenvalue weighted by atomic mass is 35.5. The lowest BCUT2D eigenvalue weighted by molar-refractivity contribution is 0.625. The number of hydrogen-bond acceptors (Lipinski definition) is 3. The van der Waals surface area contributed by atoms with Gasteiger partial charge in [-0.1, -0.05) is 17.7 Å². The largest absolute Gasteiger partial charge is 0.250 e. The second-order valence-electron chi connectivity index (χ2n) is 4.35. The van der Waals surface area contributed by atoms with E-state index in [4.69, 9.17) is 23.8 Å². The van der Waals surface area contributed by atoms with Crippen molar-refractivity contribution in [1.29, 1.82) is 0 Å². The minimum Gasteiger partial charge on any atom is -0.250 e. The van der Waals surface area contributed by atoms with Crippen LogP contribution in [0.2, 0.25) is 5.02 Å². The molecule has 0 amide bonds. The first kappa shape index (κ1) is 12.5. The molecule has 1 aliphatic carbocycles. The van der Waals surface area contributed by atoms with Gasteiger partial charge < -0.3 is 0 Å². The molecule has 0 unspecified atom stereocenters. The van der Waals surface area contributed by atoms with Gasteiger partial charge in [-0.15, -0.1) is 0 Å². The highest BCUT2D eigenvalue weighted by Gasteiger charge is 2.29. The fourth-order valence-electron chi connectivity index (χ4n) is 1.77. The summed E-state index contributed by atoms with van der Waals surface area (Å²) in [5, 5.41) is 11.3. The summed E-state index contributed by atoms with van der Waals surface area (Å²) in [6.45, 7) is 0. The zero-order valence-electron chi connectivity index (χ0n) is 9.81. The van der Waals surface area contributed by atoms with Crippen LogP contribution in [0.3, 0.4) is 0 Å². The molecule has 0 saturated heterocycles. The molecule has 7 heteroatoms. The predicted molar refractivity (Wildman–Crippen MR) is 73.8 cm³/mol. The quantitative estimate of drug-likeness (QED) is 0.696. The van der Waals surface area contributed by atoms with Gasteiger partial charge >= 0.3 is 0 Å². The average molecular weight is 297 g/mol. The minimum atomic E-state index is -0.417. The van der Waals surface area contributed by atoms with Crippen LogP contribution in [0.5, 0.6) is 0 Å². The molecule has 0 aliphatic heterocycles. The van der Waals surface area contributed by atoms with E-state index < -0.39 is 5.82 Å². The molecule has 98 valence electrons. The fourth-order valence-corrected chi connectivity index (χ4v) is 2.17. The van der Waals surface area contributed by atoms with Crippen LogP contribution in [0, 0.1) is 10.6 Å². The van der Waals surface area contributed by atoms with E-state index in [1.807, 2.05) is 0 Å². The summed E-state index contributed by atoms with van der Waals surface area (Å²) in [6, 6.07) is 4.50. The Labute approximate surface area is 118 Å². The third-order valence-electron chi connectivity index (χ3n) is 2.92. The van der Waals surface area contributed by atoms with Gasteiger partial charge in [0.2, 0.25) is 4.77 Å². The molecular weight excluding hydrogens is 287 g/mol. The Hall–Kier alpha value is -1.53. The lowest BCUT2D eigenvalue weighted by Crippen LogP contribution is -1.98. The number of aromatic nitrogens is 3. The Balaban J connectivity index is 1.99. The SMILES string of the molecule is Fc1cccc(Cl)c1C=Nn1c(C2CC2)n[nH]c1=S. The Morgan fingerprint density at radius 2 is 2.32 bits per heavy atom. The van der Waals surface area contributed by atoms with Crippen molar-refractivity contribution in [1.82, 2.24) is 14.9 Å². The fraction of sp³-hybridized carbons (Fsp3) is 0.250.